The van der Waals surface area contributed by atoms with Gasteiger partial charge in [0, 0.05) is 30.4 Å². The van der Waals surface area contributed by atoms with Crippen LogP contribution in [0.4, 0.5) is 23.1 Å². The van der Waals surface area contributed by atoms with Gasteiger partial charge in [0.05, 0.1) is 6.26 Å². The highest BCUT2D eigenvalue weighted by molar-refractivity contribution is 5.94. The highest BCUT2D eigenvalue weighted by Gasteiger charge is 2.15. The molecule has 1 aromatic carbocycles. The number of carbonyl (C=O) groups excluding carboxylic acids is 1. The zero-order chi connectivity index (χ0) is 17.2. The lowest BCUT2D eigenvalue weighted by Gasteiger charge is -2.18. The number of aromatic nitrogens is 2. The van der Waals surface area contributed by atoms with Crippen molar-refractivity contribution in [3.05, 3.63) is 36.1 Å². The molecule has 128 valence electrons. The summed E-state index contributed by atoms with van der Waals surface area (Å²) in [5, 5.41) is 9.38. The van der Waals surface area contributed by atoms with Crippen molar-refractivity contribution < 1.29 is 9.21 Å². The van der Waals surface area contributed by atoms with Crippen molar-refractivity contribution in [2.75, 3.05) is 22.5 Å². The number of furan rings is 1. The van der Waals surface area contributed by atoms with Crippen molar-refractivity contribution in [1.82, 2.24) is 9.97 Å². The number of nitrogens with zero attached hydrogens (tertiary/aromatic N) is 2. The zero-order valence-electron chi connectivity index (χ0n) is 13.9. The zero-order valence-corrected chi connectivity index (χ0v) is 13.9. The van der Waals surface area contributed by atoms with Crippen LogP contribution in [-0.2, 0) is 11.2 Å². The average Bonchev–Trinajstić information content (AvgIpc) is 3.08. The molecule has 1 aliphatic heterocycles. The first kappa shape index (κ1) is 15.4. The fraction of sp³-hybridized carbons (Fsp3) is 0.278. The number of nitrogens with one attached hydrogen (secondary N) is 3. The van der Waals surface area contributed by atoms with E-state index in [1.165, 1.54) is 0 Å². The number of hydrogen-bond acceptors (Lipinski definition) is 6. The standard InChI is InChI=1S/C18H19N5O2/c1-2-8-19-17-16-13(7-9-25-16)22-18(23-17)20-12-5-3-11-4-6-15(24)21-14(11)10-12/h3,5,7,9-10H,2,4,6,8H2,1H3,(H,21,24)(H2,19,20,22,23). The predicted molar refractivity (Wildman–Crippen MR) is 97.3 cm³/mol. The van der Waals surface area contributed by atoms with Gasteiger partial charge in [0.15, 0.2) is 11.4 Å². The molecule has 0 aliphatic carbocycles. The molecule has 25 heavy (non-hydrogen) atoms. The second-order valence-electron chi connectivity index (χ2n) is 6.00. The Balaban J connectivity index is 1.64. The molecule has 0 saturated heterocycles. The first-order valence-corrected chi connectivity index (χ1v) is 8.42. The molecule has 0 saturated carbocycles. The summed E-state index contributed by atoms with van der Waals surface area (Å²) in [4.78, 5) is 20.6. The maximum atomic E-state index is 11.6. The second kappa shape index (κ2) is 6.43. The monoisotopic (exact) mass is 337 g/mol. The molecule has 7 heteroatoms. The number of benzene rings is 1. The number of amides is 1. The predicted octanol–water partition coefficient (Wildman–Crippen LogP) is 3.67. The largest absolute Gasteiger partial charge is 0.459 e. The van der Waals surface area contributed by atoms with E-state index >= 15 is 0 Å². The van der Waals surface area contributed by atoms with E-state index < -0.39 is 0 Å². The van der Waals surface area contributed by atoms with Crippen LogP contribution in [0.2, 0.25) is 0 Å². The summed E-state index contributed by atoms with van der Waals surface area (Å²) in [7, 11) is 0. The van der Waals surface area contributed by atoms with Gasteiger partial charge in [0.2, 0.25) is 11.9 Å². The molecule has 0 unspecified atom stereocenters. The Kier molecular flexibility index (Phi) is 3.97. The third-order valence-corrected chi connectivity index (χ3v) is 4.11. The van der Waals surface area contributed by atoms with Gasteiger partial charge in [-0.2, -0.15) is 4.98 Å². The molecule has 0 atom stereocenters. The van der Waals surface area contributed by atoms with E-state index in [0.29, 0.717) is 23.8 Å². The minimum Gasteiger partial charge on any atom is -0.459 e. The number of carbonyl (C=O) groups is 1. The molecular weight excluding hydrogens is 318 g/mol. The Labute approximate surface area is 144 Å². The van der Waals surface area contributed by atoms with Gasteiger partial charge in [-0.25, -0.2) is 4.98 Å². The summed E-state index contributed by atoms with van der Waals surface area (Å²) in [6.07, 6.45) is 3.89. The van der Waals surface area contributed by atoms with Crippen LogP contribution in [0.15, 0.2) is 34.9 Å². The molecule has 0 fully saturated rings. The van der Waals surface area contributed by atoms with E-state index in [9.17, 15) is 4.79 Å². The van der Waals surface area contributed by atoms with Crippen molar-refractivity contribution >= 4 is 40.1 Å². The summed E-state index contributed by atoms with van der Waals surface area (Å²) in [5.74, 6) is 1.20. The minimum atomic E-state index is 0.0479. The maximum Gasteiger partial charge on any atom is 0.229 e. The van der Waals surface area contributed by atoms with Crippen LogP contribution in [0, 0.1) is 0 Å². The quantitative estimate of drug-likeness (QED) is 0.658. The van der Waals surface area contributed by atoms with Gasteiger partial charge in [0.1, 0.15) is 5.52 Å². The number of fused-ring (bicyclic) bond motifs is 2. The molecule has 4 rings (SSSR count). The van der Waals surface area contributed by atoms with Gasteiger partial charge in [-0.05, 0) is 30.5 Å². The summed E-state index contributed by atoms with van der Waals surface area (Å²) in [6, 6.07) is 7.71. The van der Waals surface area contributed by atoms with Crippen LogP contribution in [0.3, 0.4) is 0 Å². The molecule has 0 spiro atoms. The van der Waals surface area contributed by atoms with Crippen molar-refractivity contribution in [3.63, 3.8) is 0 Å². The minimum absolute atomic E-state index is 0.0479. The summed E-state index contributed by atoms with van der Waals surface area (Å²) >= 11 is 0. The van der Waals surface area contributed by atoms with Gasteiger partial charge in [-0.1, -0.05) is 13.0 Å². The molecule has 0 bridgehead atoms. The summed E-state index contributed by atoms with van der Waals surface area (Å²) in [5.41, 5.74) is 4.20. The number of hydrogen-bond donors (Lipinski definition) is 3. The van der Waals surface area contributed by atoms with Gasteiger partial charge < -0.3 is 20.4 Å². The second-order valence-corrected chi connectivity index (χ2v) is 6.00. The van der Waals surface area contributed by atoms with E-state index in [-0.39, 0.29) is 5.91 Å². The number of rotatable bonds is 5. The number of aryl methyl sites for hydroxylation is 1. The smallest absolute Gasteiger partial charge is 0.229 e. The van der Waals surface area contributed by atoms with Crippen molar-refractivity contribution in [1.29, 1.82) is 0 Å². The topological polar surface area (TPSA) is 92.1 Å². The lowest BCUT2D eigenvalue weighted by molar-refractivity contribution is -0.116. The number of anilines is 4. The lowest BCUT2D eigenvalue weighted by Crippen LogP contribution is -2.18. The first-order chi connectivity index (χ1) is 12.2. The molecular formula is C18H19N5O2. The first-order valence-electron chi connectivity index (χ1n) is 8.42. The van der Waals surface area contributed by atoms with E-state index in [4.69, 9.17) is 4.42 Å². The Morgan fingerprint density at radius 2 is 2.16 bits per heavy atom. The van der Waals surface area contributed by atoms with E-state index in [2.05, 4.69) is 32.8 Å². The highest BCUT2D eigenvalue weighted by atomic mass is 16.3. The Morgan fingerprint density at radius 1 is 1.24 bits per heavy atom. The Morgan fingerprint density at radius 3 is 3.04 bits per heavy atom. The van der Waals surface area contributed by atoms with Crippen molar-refractivity contribution in [3.8, 4) is 0 Å². The van der Waals surface area contributed by atoms with E-state index in [0.717, 1.165) is 41.8 Å². The molecule has 3 heterocycles. The lowest BCUT2D eigenvalue weighted by atomic mass is 10.0. The maximum absolute atomic E-state index is 11.6. The van der Waals surface area contributed by atoms with Crippen molar-refractivity contribution in [2.24, 2.45) is 0 Å². The van der Waals surface area contributed by atoms with Gasteiger partial charge in [-0.15, -0.1) is 0 Å². The van der Waals surface area contributed by atoms with E-state index in [1.54, 1.807) is 6.26 Å². The fourth-order valence-electron chi connectivity index (χ4n) is 2.86. The van der Waals surface area contributed by atoms with Crippen LogP contribution in [0.25, 0.3) is 11.1 Å². The van der Waals surface area contributed by atoms with Crippen LogP contribution < -0.4 is 16.0 Å². The Bertz CT molecular complexity index is 934. The highest BCUT2D eigenvalue weighted by Crippen LogP contribution is 2.28. The molecule has 3 aromatic rings. The van der Waals surface area contributed by atoms with Crippen LogP contribution >= 0.6 is 0 Å². The molecule has 1 aliphatic rings. The van der Waals surface area contributed by atoms with Gasteiger partial charge in [-0.3, -0.25) is 4.79 Å². The Hall–Kier alpha value is -3.09. The van der Waals surface area contributed by atoms with Crippen LogP contribution in [0.5, 0.6) is 0 Å². The van der Waals surface area contributed by atoms with Crippen molar-refractivity contribution in [2.45, 2.75) is 26.2 Å². The SMILES string of the molecule is CCCNc1nc(Nc2ccc3c(c2)NC(=O)CC3)nc2ccoc12. The molecule has 2 aromatic heterocycles. The van der Waals surface area contributed by atoms with Gasteiger partial charge in [0.25, 0.3) is 0 Å². The third kappa shape index (κ3) is 3.13. The average molecular weight is 337 g/mol. The van der Waals surface area contributed by atoms with Gasteiger partial charge >= 0.3 is 0 Å². The summed E-state index contributed by atoms with van der Waals surface area (Å²) < 4.78 is 5.47. The molecule has 0 radical (unpaired) electrons. The molecule has 7 nitrogen and oxygen atoms in total. The molecule has 1 amide bonds. The molecule has 3 N–H and O–H groups in total. The van der Waals surface area contributed by atoms with Crippen LogP contribution in [-0.4, -0.2) is 22.4 Å². The van der Waals surface area contributed by atoms with Crippen LogP contribution in [0.1, 0.15) is 25.3 Å². The summed E-state index contributed by atoms with van der Waals surface area (Å²) in [6.45, 7) is 2.89. The third-order valence-electron chi connectivity index (χ3n) is 4.11. The normalized spacial score (nSPS) is 13.4. The van der Waals surface area contributed by atoms with E-state index in [1.807, 2.05) is 24.3 Å². The fourth-order valence-corrected chi connectivity index (χ4v) is 2.86.